The highest BCUT2D eigenvalue weighted by atomic mass is 16.5. The highest BCUT2D eigenvalue weighted by Gasteiger charge is 2.36. The summed E-state index contributed by atoms with van der Waals surface area (Å²) in [6.45, 7) is 5.43. The second kappa shape index (κ2) is 4.15. The Balaban J connectivity index is 1.51. The molecule has 3 unspecified atom stereocenters. The van der Waals surface area contributed by atoms with E-state index in [1.165, 1.54) is 32.2 Å². The van der Waals surface area contributed by atoms with E-state index in [-0.39, 0.29) is 0 Å². The summed E-state index contributed by atoms with van der Waals surface area (Å²) in [4.78, 5) is 0. The smallest absolute Gasteiger partial charge is 0.0483 e. The highest BCUT2D eigenvalue weighted by Crippen LogP contribution is 2.43. The number of nitrogens with one attached hydrogen (secondary N) is 1. The SMILES string of the molecule is CC1(NCC2CC3C=CC2C3)CCOCC1. The number of ether oxygens (including phenoxy) is 1. The minimum atomic E-state index is 0.337. The predicted molar refractivity (Wildman–Crippen MR) is 65.3 cm³/mol. The minimum absolute atomic E-state index is 0.337. The Morgan fingerprint density at radius 2 is 2.06 bits per heavy atom. The van der Waals surface area contributed by atoms with Crippen molar-refractivity contribution in [3.05, 3.63) is 12.2 Å². The molecular formula is C14H23NO. The molecule has 0 aromatic rings. The van der Waals surface area contributed by atoms with E-state index in [9.17, 15) is 0 Å². The van der Waals surface area contributed by atoms with Crippen LogP contribution in [-0.4, -0.2) is 25.3 Å². The van der Waals surface area contributed by atoms with E-state index < -0.39 is 0 Å². The van der Waals surface area contributed by atoms with E-state index in [1.54, 1.807) is 0 Å². The first-order valence-electron chi connectivity index (χ1n) is 6.76. The summed E-state index contributed by atoms with van der Waals surface area (Å²) in [5, 5.41) is 3.81. The van der Waals surface area contributed by atoms with Crippen molar-refractivity contribution in [2.45, 2.75) is 38.1 Å². The van der Waals surface area contributed by atoms with Crippen molar-refractivity contribution in [1.82, 2.24) is 5.32 Å². The van der Waals surface area contributed by atoms with Crippen molar-refractivity contribution in [3.8, 4) is 0 Å². The third-order valence-corrected chi connectivity index (χ3v) is 4.80. The molecule has 0 amide bonds. The summed E-state index contributed by atoms with van der Waals surface area (Å²) in [6.07, 6.45) is 10.1. The lowest BCUT2D eigenvalue weighted by atomic mass is 9.89. The Morgan fingerprint density at radius 1 is 1.25 bits per heavy atom. The van der Waals surface area contributed by atoms with Crippen LogP contribution in [-0.2, 0) is 4.74 Å². The van der Waals surface area contributed by atoms with Crippen LogP contribution in [0.4, 0.5) is 0 Å². The van der Waals surface area contributed by atoms with Gasteiger partial charge in [0, 0.05) is 18.8 Å². The van der Waals surface area contributed by atoms with E-state index in [1.807, 2.05) is 0 Å². The molecule has 3 rings (SSSR count). The van der Waals surface area contributed by atoms with Gasteiger partial charge in [-0.2, -0.15) is 0 Å². The topological polar surface area (TPSA) is 21.3 Å². The fourth-order valence-electron chi connectivity index (χ4n) is 3.51. The Bertz CT molecular complexity index is 280. The molecule has 1 saturated heterocycles. The molecule has 16 heavy (non-hydrogen) atoms. The molecule has 3 atom stereocenters. The molecule has 2 fully saturated rings. The van der Waals surface area contributed by atoms with Crippen molar-refractivity contribution in [3.63, 3.8) is 0 Å². The van der Waals surface area contributed by atoms with Gasteiger partial charge in [0.05, 0.1) is 0 Å². The third kappa shape index (κ3) is 2.05. The van der Waals surface area contributed by atoms with Gasteiger partial charge in [-0.25, -0.2) is 0 Å². The quantitative estimate of drug-likeness (QED) is 0.739. The molecule has 0 radical (unpaired) electrons. The molecule has 2 heteroatoms. The van der Waals surface area contributed by atoms with E-state index in [4.69, 9.17) is 4.74 Å². The first-order valence-corrected chi connectivity index (χ1v) is 6.76. The molecule has 0 spiro atoms. The number of allylic oxidation sites excluding steroid dienone is 2. The Hall–Kier alpha value is -0.340. The molecule has 1 saturated carbocycles. The molecule has 0 aromatic heterocycles. The molecule has 2 bridgehead atoms. The van der Waals surface area contributed by atoms with E-state index in [0.717, 1.165) is 31.0 Å². The van der Waals surface area contributed by atoms with Crippen molar-refractivity contribution < 1.29 is 4.74 Å². The summed E-state index contributed by atoms with van der Waals surface area (Å²) in [6, 6.07) is 0. The average molecular weight is 221 g/mol. The van der Waals surface area contributed by atoms with E-state index in [2.05, 4.69) is 24.4 Å². The normalized spacial score (nSPS) is 40.4. The van der Waals surface area contributed by atoms with Crippen molar-refractivity contribution in [2.75, 3.05) is 19.8 Å². The van der Waals surface area contributed by atoms with Gasteiger partial charge in [0.1, 0.15) is 0 Å². The Labute approximate surface area is 98.4 Å². The van der Waals surface area contributed by atoms with Gasteiger partial charge in [0.25, 0.3) is 0 Å². The zero-order valence-corrected chi connectivity index (χ0v) is 10.2. The second-order valence-corrected chi connectivity index (χ2v) is 6.09. The number of hydrogen-bond donors (Lipinski definition) is 1. The van der Waals surface area contributed by atoms with Gasteiger partial charge in [0.2, 0.25) is 0 Å². The Kier molecular flexibility index (Phi) is 2.80. The van der Waals surface area contributed by atoms with Gasteiger partial charge in [-0.1, -0.05) is 12.2 Å². The molecule has 3 aliphatic rings. The first-order chi connectivity index (χ1) is 7.75. The van der Waals surface area contributed by atoms with Crippen LogP contribution in [0.2, 0.25) is 0 Å². The van der Waals surface area contributed by atoms with Crippen molar-refractivity contribution in [1.29, 1.82) is 0 Å². The lowest BCUT2D eigenvalue weighted by Crippen LogP contribution is -2.48. The fourth-order valence-corrected chi connectivity index (χ4v) is 3.51. The maximum atomic E-state index is 5.43. The summed E-state index contributed by atoms with van der Waals surface area (Å²) < 4.78 is 5.43. The molecule has 90 valence electrons. The molecule has 1 heterocycles. The maximum Gasteiger partial charge on any atom is 0.0483 e. The van der Waals surface area contributed by atoms with Crippen LogP contribution < -0.4 is 5.32 Å². The molecular weight excluding hydrogens is 198 g/mol. The van der Waals surface area contributed by atoms with Gasteiger partial charge >= 0.3 is 0 Å². The summed E-state index contributed by atoms with van der Waals surface area (Å²) >= 11 is 0. The number of rotatable bonds is 3. The van der Waals surface area contributed by atoms with Crippen LogP contribution in [0.15, 0.2) is 12.2 Å². The van der Waals surface area contributed by atoms with Crippen LogP contribution in [0.1, 0.15) is 32.6 Å². The standard InChI is InChI=1S/C14H23NO/c1-14(4-6-16-7-5-14)15-10-13-9-11-2-3-12(13)8-11/h2-3,11-13,15H,4-10H2,1H3. The van der Waals surface area contributed by atoms with Crippen molar-refractivity contribution in [2.24, 2.45) is 17.8 Å². The molecule has 2 aliphatic carbocycles. The summed E-state index contributed by atoms with van der Waals surface area (Å²) in [5.41, 5.74) is 0.337. The summed E-state index contributed by atoms with van der Waals surface area (Å²) in [7, 11) is 0. The van der Waals surface area contributed by atoms with E-state index >= 15 is 0 Å². The van der Waals surface area contributed by atoms with Crippen molar-refractivity contribution >= 4 is 0 Å². The van der Waals surface area contributed by atoms with Crippen LogP contribution in [0.3, 0.4) is 0 Å². The predicted octanol–water partition coefficient (Wildman–Crippen LogP) is 2.36. The van der Waals surface area contributed by atoms with E-state index in [0.29, 0.717) is 5.54 Å². The lowest BCUT2D eigenvalue weighted by molar-refractivity contribution is 0.0433. The second-order valence-electron chi connectivity index (χ2n) is 6.09. The third-order valence-electron chi connectivity index (χ3n) is 4.80. The molecule has 1 aliphatic heterocycles. The number of hydrogen-bond acceptors (Lipinski definition) is 2. The van der Waals surface area contributed by atoms with Gasteiger partial charge < -0.3 is 10.1 Å². The van der Waals surface area contributed by atoms with Crippen LogP contribution in [0.25, 0.3) is 0 Å². The van der Waals surface area contributed by atoms with Gasteiger partial charge in [-0.05, 0) is 56.9 Å². The molecule has 2 nitrogen and oxygen atoms in total. The van der Waals surface area contributed by atoms with Crippen LogP contribution in [0, 0.1) is 17.8 Å². The summed E-state index contributed by atoms with van der Waals surface area (Å²) in [5.74, 6) is 2.68. The highest BCUT2D eigenvalue weighted by molar-refractivity contribution is 5.10. The van der Waals surface area contributed by atoms with Gasteiger partial charge in [-0.3, -0.25) is 0 Å². The minimum Gasteiger partial charge on any atom is -0.381 e. The van der Waals surface area contributed by atoms with Crippen LogP contribution >= 0.6 is 0 Å². The van der Waals surface area contributed by atoms with Gasteiger partial charge in [-0.15, -0.1) is 0 Å². The fraction of sp³-hybridized carbons (Fsp3) is 0.857. The molecule has 1 N–H and O–H groups in total. The lowest BCUT2D eigenvalue weighted by Gasteiger charge is -2.36. The monoisotopic (exact) mass is 221 g/mol. The average Bonchev–Trinajstić information content (AvgIpc) is 2.89. The van der Waals surface area contributed by atoms with Crippen LogP contribution in [0.5, 0.6) is 0 Å². The largest absolute Gasteiger partial charge is 0.381 e. The Morgan fingerprint density at radius 3 is 2.69 bits per heavy atom. The zero-order valence-electron chi connectivity index (χ0n) is 10.2. The zero-order chi connectivity index (χ0) is 11.0. The number of fused-ring (bicyclic) bond motifs is 2. The maximum absolute atomic E-state index is 5.43. The van der Waals surface area contributed by atoms with Gasteiger partial charge in [0.15, 0.2) is 0 Å². The first kappa shape index (κ1) is 10.8. The molecule has 0 aromatic carbocycles.